The Labute approximate surface area is 96.5 Å². The molecule has 4 nitrogen and oxygen atoms in total. The molecule has 90 valence electrons. The third-order valence-corrected chi connectivity index (χ3v) is 3.79. The first-order valence-corrected chi connectivity index (χ1v) is 6.00. The van der Waals surface area contributed by atoms with Crippen LogP contribution in [0.25, 0.3) is 0 Å². The molecule has 1 atom stereocenters. The molecule has 0 aromatic rings. The minimum absolute atomic E-state index is 0.140. The fourth-order valence-electron chi connectivity index (χ4n) is 3.00. The molecule has 3 heterocycles. The minimum Gasteiger partial charge on any atom is -0.480 e. The molecule has 3 aliphatic rings. The van der Waals surface area contributed by atoms with Gasteiger partial charge >= 0.3 is 5.97 Å². The van der Waals surface area contributed by atoms with Crippen LogP contribution in [-0.2, 0) is 4.79 Å². The summed E-state index contributed by atoms with van der Waals surface area (Å²) in [6.45, 7) is 7.95. The monoisotopic (exact) mass is 224 g/mol. The number of piperidine rings is 3. The zero-order chi connectivity index (χ0) is 11.5. The molecule has 0 amide bonds. The first-order chi connectivity index (χ1) is 7.70. The number of nitrogens with zero attached hydrogens (tertiary/aromatic N) is 2. The fraction of sp³-hybridized carbons (Fsp3) is 0.750. The Hall–Kier alpha value is -0.870. The Morgan fingerprint density at radius 3 is 2.62 bits per heavy atom. The van der Waals surface area contributed by atoms with Crippen LogP contribution >= 0.6 is 0 Å². The first-order valence-electron chi connectivity index (χ1n) is 6.00. The van der Waals surface area contributed by atoms with Crippen LogP contribution < -0.4 is 0 Å². The topological polar surface area (TPSA) is 43.8 Å². The Kier molecular flexibility index (Phi) is 3.61. The van der Waals surface area contributed by atoms with Gasteiger partial charge in [0.05, 0.1) is 6.54 Å². The second kappa shape index (κ2) is 4.97. The van der Waals surface area contributed by atoms with Gasteiger partial charge in [0.15, 0.2) is 0 Å². The van der Waals surface area contributed by atoms with E-state index in [0.717, 1.165) is 6.54 Å². The molecule has 16 heavy (non-hydrogen) atoms. The summed E-state index contributed by atoms with van der Waals surface area (Å²) in [7, 11) is 0. The van der Waals surface area contributed by atoms with E-state index in [2.05, 4.69) is 16.4 Å². The van der Waals surface area contributed by atoms with Crippen LogP contribution in [0.15, 0.2) is 12.7 Å². The van der Waals surface area contributed by atoms with E-state index < -0.39 is 5.97 Å². The van der Waals surface area contributed by atoms with Gasteiger partial charge in [-0.3, -0.25) is 9.69 Å². The van der Waals surface area contributed by atoms with Crippen molar-refractivity contribution in [2.75, 3.05) is 32.7 Å². The van der Waals surface area contributed by atoms with Gasteiger partial charge in [0.2, 0.25) is 0 Å². The maximum atomic E-state index is 10.8. The Morgan fingerprint density at radius 1 is 1.50 bits per heavy atom. The molecule has 3 fully saturated rings. The van der Waals surface area contributed by atoms with Gasteiger partial charge in [-0.05, 0) is 31.8 Å². The molecule has 0 aliphatic carbocycles. The number of hydrogen-bond acceptors (Lipinski definition) is 3. The lowest BCUT2D eigenvalue weighted by atomic mass is 9.83. The summed E-state index contributed by atoms with van der Waals surface area (Å²) >= 11 is 0. The zero-order valence-corrected chi connectivity index (χ0v) is 9.64. The lowest BCUT2D eigenvalue weighted by Gasteiger charge is -2.48. The van der Waals surface area contributed by atoms with E-state index in [0.29, 0.717) is 18.5 Å². The van der Waals surface area contributed by atoms with Crippen LogP contribution in [0.4, 0.5) is 0 Å². The fourth-order valence-corrected chi connectivity index (χ4v) is 3.00. The molecule has 3 aliphatic heterocycles. The average molecular weight is 224 g/mol. The lowest BCUT2D eigenvalue weighted by molar-refractivity contribution is -0.139. The number of hydrogen-bond donors (Lipinski definition) is 1. The van der Waals surface area contributed by atoms with E-state index in [9.17, 15) is 4.79 Å². The summed E-state index contributed by atoms with van der Waals surface area (Å²) in [6.07, 6.45) is 4.25. The maximum absolute atomic E-state index is 10.8. The van der Waals surface area contributed by atoms with E-state index in [1.165, 1.54) is 25.9 Å². The third-order valence-electron chi connectivity index (χ3n) is 3.79. The van der Waals surface area contributed by atoms with Crippen molar-refractivity contribution in [3.8, 4) is 0 Å². The van der Waals surface area contributed by atoms with Crippen molar-refractivity contribution in [2.45, 2.75) is 18.9 Å². The van der Waals surface area contributed by atoms with Crippen molar-refractivity contribution in [1.29, 1.82) is 0 Å². The normalized spacial score (nSPS) is 32.9. The number of rotatable bonds is 5. The number of carbonyl (C=O) groups is 1. The zero-order valence-electron chi connectivity index (χ0n) is 9.64. The molecular weight excluding hydrogens is 204 g/mol. The molecule has 2 bridgehead atoms. The van der Waals surface area contributed by atoms with Gasteiger partial charge < -0.3 is 10.0 Å². The van der Waals surface area contributed by atoms with Gasteiger partial charge in [-0.25, -0.2) is 0 Å². The molecule has 1 unspecified atom stereocenters. The van der Waals surface area contributed by atoms with Gasteiger partial charge in [-0.15, -0.1) is 6.58 Å². The minimum atomic E-state index is -0.738. The SMILES string of the molecule is C=CCN(CC(=O)O)C1CN2CCC1CC2. The van der Waals surface area contributed by atoms with Gasteiger partial charge in [0, 0.05) is 19.1 Å². The van der Waals surface area contributed by atoms with Crippen molar-refractivity contribution in [1.82, 2.24) is 9.80 Å². The molecule has 0 saturated carbocycles. The Bertz CT molecular complexity index is 272. The maximum Gasteiger partial charge on any atom is 0.317 e. The summed E-state index contributed by atoms with van der Waals surface area (Å²) < 4.78 is 0. The highest BCUT2D eigenvalue weighted by molar-refractivity contribution is 5.69. The van der Waals surface area contributed by atoms with Crippen molar-refractivity contribution in [3.05, 3.63) is 12.7 Å². The van der Waals surface area contributed by atoms with Gasteiger partial charge in [0.1, 0.15) is 0 Å². The van der Waals surface area contributed by atoms with Crippen molar-refractivity contribution in [3.63, 3.8) is 0 Å². The smallest absolute Gasteiger partial charge is 0.317 e. The molecule has 3 saturated heterocycles. The molecule has 0 radical (unpaired) electrons. The summed E-state index contributed by atoms with van der Waals surface area (Å²) in [4.78, 5) is 15.4. The standard InChI is InChI=1S/C12H20N2O2/c1-2-5-14(9-12(15)16)11-8-13-6-3-10(11)4-7-13/h2,10-11H,1,3-9H2,(H,15,16). The summed E-state index contributed by atoms with van der Waals surface area (Å²) in [5.74, 6) is -0.0532. The average Bonchev–Trinajstić information content (AvgIpc) is 2.29. The van der Waals surface area contributed by atoms with Crippen LogP contribution in [0, 0.1) is 5.92 Å². The molecule has 1 N–H and O–H groups in total. The van der Waals surface area contributed by atoms with Crippen LogP contribution in [0.5, 0.6) is 0 Å². The van der Waals surface area contributed by atoms with Crippen molar-refractivity contribution < 1.29 is 9.90 Å². The third kappa shape index (κ3) is 2.44. The van der Waals surface area contributed by atoms with Crippen LogP contribution in [0.1, 0.15) is 12.8 Å². The number of carboxylic acid groups (broad SMARTS) is 1. The molecule has 0 aromatic carbocycles. The predicted octanol–water partition coefficient (Wildman–Crippen LogP) is 0.653. The molecular formula is C12H20N2O2. The number of carboxylic acids is 1. The highest BCUT2D eigenvalue weighted by Gasteiger charge is 2.37. The van der Waals surface area contributed by atoms with Gasteiger partial charge in [0.25, 0.3) is 0 Å². The summed E-state index contributed by atoms with van der Waals surface area (Å²) in [5, 5.41) is 8.92. The molecule has 0 spiro atoms. The van der Waals surface area contributed by atoms with Gasteiger partial charge in [-0.1, -0.05) is 6.08 Å². The number of aliphatic carboxylic acids is 1. The summed E-state index contributed by atoms with van der Waals surface area (Å²) in [5.41, 5.74) is 0. The van der Waals surface area contributed by atoms with Crippen molar-refractivity contribution in [2.24, 2.45) is 5.92 Å². The Morgan fingerprint density at radius 2 is 2.19 bits per heavy atom. The van der Waals surface area contributed by atoms with Crippen LogP contribution in [0.2, 0.25) is 0 Å². The number of fused-ring (bicyclic) bond motifs is 3. The van der Waals surface area contributed by atoms with E-state index in [4.69, 9.17) is 5.11 Å². The molecule has 3 rings (SSSR count). The molecule has 4 heteroatoms. The second-order valence-electron chi connectivity index (χ2n) is 4.82. The Balaban J connectivity index is 2.01. The largest absolute Gasteiger partial charge is 0.480 e. The van der Waals surface area contributed by atoms with Gasteiger partial charge in [-0.2, -0.15) is 0 Å². The van der Waals surface area contributed by atoms with Crippen LogP contribution in [-0.4, -0.2) is 59.6 Å². The van der Waals surface area contributed by atoms with E-state index in [1.54, 1.807) is 6.08 Å². The van der Waals surface area contributed by atoms with E-state index in [1.807, 2.05) is 0 Å². The van der Waals surface area contributed by atoms with E-state index in [-0.39, 0.29) is 6.54 Å². The lowest BCUT2D eigenvalue weighted by Crippen LogP contribution is -2.58. The van der Waals surface area contributed by atoms with Crippen LogP contribution in [0.3, 0.4) is 0 Å². The molecule has 0 aromatic heterocycles. The first kappa shape index (κ1) is 11.6. The van der Waals surface area contributed by atoms with Crippen molar-refractivity contribution >= 4 is 5.97 Å². The summed E-state index contributed by atoms with van der Waals surface area (Å²) in [6, 6.07) is 0.414. The quantitative estimate of drug-likeness (QED) is 0.697. The second-order valence-corrected chi connectivity index (χ2v) is 4.82. The highest BCUT2D eigenvalue weighted by Crippen LogP contribution is 2.30. The highest BCUT2D eigenvalue weighted by atomic mass is 16.4. The predicted molar refractivity (Wildman–Crippen MR) is 62.4 cm³/mol. The van der Waals surface area contributed by atoms with E-state index >= 15 is 0 Å².